The molecule has 0 aromatic heterocycles. The number of rotatable bonds is 4. The molecule has 1 rings (SSSR count). The first-order valence-electron chi connectivity index (χ1n) is 4.95. The smallest absolute Gasteiger partial charge is 0.141 e. The van der Waals surface area contributed by atoms with Gasteiger partial charge in [0.15, 0.2) is 0 Å². The summed E-state index contributed by atoms with van der Waals surface area (Å²) < 4.78 is 5.22. The van der Waals surface area contributed by atoms with Gasteiger partial charge in [0.05, 0.1) is 11.1 Å². The minimum absolute atomic E-state index is 0.0819. The largest absolute Gasteiger partial charge is 0.409 e. The van der Waals surface area contributed by atoms with Gasteiger partial charge in [0.25, 0.3) is 0 Å². The second kappa shape index (κ2) is 5.01. The fourth-order valence-electron chi connectivity index (χ4n) is 1.53. The summed E-state index contributed by atoms with van der Waals surface area (Å²) in [6, 6.07) is 0.122. The Hall–Kier alpha value is -0.250. The van der Waals surface area contributed by atoms with Gasteiger partial charge in [-0.25, -0.2) is 0 Å². The van der Waals surface area contributed by atoms with Crippen molar-refractivity contribution < 1.29 is 9.57 Å². The van der Waals surface area contributed by atoms with Crippen molar-refractivity contribution in [1.82, 2.24) is 5.06 Å². The lowest BCUT2D eigenvalue weighted by Crippen LogP contribution is -2.42. The number of hydrogen-bond acceptors (Lipinski definition) is 3. The molecule has 0 aliphatic carbocycles. The molecule has 1 aliphatic rings. The summed E-state index contributed by atoms with van der Waals surface area (Å²) in [7, 11) is 1.66. The molecule has 82 valence electrons. The molecule has 0 aromatic carbocycles. The van der Waals surface area contributed by atoms with Crippen molar-refractivity contribution in [3.63, 3.8) is 0 Å². The normalized spacial score (nSPS) is 26.9. The summed E-state index contributed by atoms with van der Waals surface area (Å²) >= 11 is 6.09. The Morgan fingerprint density at radius 2 is 2.29 bits per heavy atom. The van der Waals surface area contributed by atoms with E-state index in [9.17, 15) is 0 Å². The highest BCUT2D eigenvalue weighted by molar-refractivity contribution is 6.30. The summed E-state index contributed by atoms with van der Waals surface area (Å²) in [6.07, 6.45) is 2.57. The molecular weight excluding hydrogens is 202 g/mol. The molecule has 4 heteroatoms. The molecule has 1 heterocycles. The van der Waals surface area contributed by atoms with E-state index in [1.807, 2.05) is 6.92 Å². The second-order valence-electron chi connectivity index (χ2n) is 3.63. The fourth-order valence-corrected chi connectivity index (χ4v) is 1.88. The second-order valence-corrected chi connectivity index (χ2v) is 4.07. The third-order valence-corrected chi connectivity index (χ3v) is 3.04. The Morgan fingerprint density at radius 1 is 1.64 bits per heavy atom. The van der Waals surface area contributed by atoms with Gasteiger partial charge in [-0.05, 0) is 12.8 Å². The van der Waals surface area contributed by atoms with Crippen molar-refractivity contribution in [2.75, 3.05) is 7.11 Å². The van der Waals surface area contributed by atoms with Crippen LogP contribution in [0.1, 0.15) is 27.2 Å². The van der Waals surface area contributed by atoms with E-state index in [0.717, 1.165) is 11.5 Å². The van der Waals surface area contributed by atoms with E-state index < -0.39 is 0 Å². The molecule has 3 atom stereocenters. The van der Waals surface area contributed by atoms with Gasteiger partial charge in [-0.15, -0.1) is 5.06 Å². The third-order valence-electron chi connectivity index (χ3n) is 2.73. The van der Waals surface area contributed by atoms with Crippen LogP contribution < -0.4 is 0 Å². The number of nitrogens with zero attached hydrogens (tertiary/aromatic N) is 1. The Bertz CT molecular complexity index is 220. The third kappa shape index (κ3) is 2.22. The van der Waals surface area contributed by atoms with E-state index in [0.29, 0.717) is 5.92 Å². The summed E-state index contributed by atoms with van der Waals surface area (Å²) in [5.74, 6) is 0.457. The molecule has 14 heavy (non-hydrogen) atoms. The highest BCUT2D eigenvalue weighted by Gasteiger charge is 2.35. The quantitative estimate of drug-likeness (QED) is 0.726. The Kier molecular flexibility index (Phi) is 4.23. The zero-order chi connectivity index (χ0) is 10.7. The molecule has 3 unspecified atom stereocenters. The maximum atomic E-state index is 6.09. The van der Waals surface area contributed by atoms with Gasteiger partial charge in [-0.3, -0.25) is 0 Å². The molecule has 0 bridgehead atoms. The standard InChI is InChI=1S/C10H18ClNO2/c1-5-7(2)10-9(11)6-14-12(10)8(3)13-4/h6-8,10H,5H2,1-4H3. The van der Waals surface area contributed by atoms with Crippen LogP contribution in [0, 0.1) is 5.92 Å². The van der Waals surface area contributed by atoms with Gasteiger partial charge in [-0.1, -0.05) is 31.9 Å². The maximum Gasteiger partial charge on any atom is 0.141 e. The van der Waals surface area contributed by atoms with Crippen molar-refractivity contribution in [2.45, 2.75) is 39.5 Å². The van der Waals surface area contributed by atoms with Gasteiger partial charge < -0.3 is 9.57 Å². The zero-order valence-corrected chi connectivity index (χ0v) is 9.91. The van der Waals surface area contributed by atoms with Crippen LogP contribution in [0.25, 0.3) is 0 Å². The summed E-state index contributed by atoms with van der Waals surface area (Å²) in [6.45, 7) is 6.24. The Balaban J connectivity index is 2.70. The number of hydroxylamine groups is 2. The first kappa shape index (κ1) is 11.8. The van der Waals surface area contributed by atoms with E-state index in [-0.39, 0.29) is 12.3 Å². The van der Waals surface area contributed by atoms with E-state index in [1.165, 1.54) is 0 Å². The molecule has 0 aromatic rings. The highest BCUT2D eigenvalue weighted by atomic mass is 35.5. The van der Waals surface area contributed by atoms with Crippen molar-refractivity contribution in [3.8, 4) is 0 Å². The molecule has 0 saturated carbocycles. The molecule has 0 fully saturated rings. The molecule has 0 radical (unpaired) electrons. The first-order valence-corrected chi connectivity index (χ1v) is 5.33. The van der Waals surface area contributed by atoms with Crippen LogP contribution in [0.4, 0.5) is 0 Å². The molecule has 1 aliphatic heterocycles. The van der Waals surface area contributed by atoms with Gasteiger partial charge in [0.1, 0.15) is 12.5 Å². The van der Waals surface area contributed by atoms with Crippen molar-refractivity contribution in [1.29, 1.82) is 0 Å². The maximum absolute atomic E-state index is 6.09. The lowest BCUT2D eigenvalue weighted by molar-refractivity contribution is -0.213. The summed E-state index contributed by atoms with van der Waals surface area (Å²) in [5.41, 5.74) is 0. The van der Waals surface area contributed by atoms with Crippen molar-refractivity contribution >= 4 is 11.6 Å². The Morgan fingerprint density at radius 3 is 2.79 bits per heavy atom. The molecule has 0 amide bonds. The minimum Gasteiger partial charge on any atom is -0.409 e. The monoisotopic (exact) mass is 219 g/mol. The van der Waals surface area contributed by atoms with Gasteiger partial charge >= 0.3 is 0 Å². The van der Waals surface area contributed by atoms with Crippen LogP contribution in [0.3, 0.4) is 0 Å². The predicted octanol–water partition coefficient (Wildman–Crippen LogP) is 2.72. The summed E-state index contributed by atoms with van der Waals surface area (Å²) in [4.78, 5) is 5.37. The van der Waals surface area contributed by atoms with Crippen LogP contribution >= 0.6 is 11.6 Å². The van der Waals surface area contributed by atoms with Crippen LogP contribution in [0.5, 0.6) is 0 Å². The van der Waals surface area contributed by atoms with Crippen molar-refractivity contribution in [2.24, 2.45) is 5.92 Å². The lowest BCUT2D eigenvalue weighted by Gasteiger charge is -2.31. The van der Waals surface area contributed by atoms with Gasteiger partial charge in [0.2, 0.25) is 0 Å². The van der Waals surface area contributed by atoms with Gasteiger partial charge in [-0.2, -0.15) is 0 Å². The van der Waals surface area contributed by atoms with Crippen molar-refractivity contribution in [3.05, 3.63) is 11.3 Å². The number of hydrogen-bond donors (Lipinski definition) is 0. The van der Waals surface area contributed by atoms with Crippen LogP contribution in [0.2, 0.25) is 0 Å². The number of methoxy groups -OCH3 is 1. The van der Waals surface area contributed by atoms with E-state index >= 15 is 0 Å². The number of ether oxygens (including phenoxy) is 1. The van der Waals surface area contributed by atoms with Crippen LogP contribution in [-0.4, -0.2) is 24.4 Å². The molecular formula is C10H18ClNO2. The van der Waals surface area contributed by atoms with Gasteiger partial charge in [0, 0.05) is 7.11 Å². The molecule has 3 nitrogen and oxygen atoms in total. The van der Waals surface area contributed by atoms with E-state index in [1.54, 1.807) is 18.4 Å². The van der Waals surface area contributed by atoms with E-state index in [4.69, 9.17) is 21.2 Å². The minimum atomic E-state index is -0.0819. The lowest BCUT2D eigenvalue weighted by atomic mass is 9.99. The van der Waals surface area contributed by atoms with Crippen LogP contribution in [-0.2, 0) is 9.57 Å². The average Bonchev–Trinajstić information content (AvgIpc) is 2.58. The highest BCUT2D eigenvalue weighted by Crippen LogP contribution is 2.31. The first-order chi connectivity index (χ1) is 6.61. The number of halogens is 1. The van der Waals surface area contributed by atoms with Crippen LogP contribution in [0.15, 0.2) is 11.3 Å². The zero-order valence-electron chi connectivity index (χ0n) is 9.16. The molecule has 0 saturated heterocycles. The fraction of sp³-hybridized carbons (Fsp3) is 0.800. The predicted molar refractivity (Wildman–Crippen MR) is 56.6 cm³/mol. The topological polar surface area (TPSA) is 21.7 Å². The average molecular weight is 220 g/mol. The summed E-state index contributed by atoms with van der Waals surface area (Å²) in [5, 5.41) is 2.56. The SMILES string of the molecule is CCC(C)C1C(Cl)=CON1C(C)OC. The van der Waals surface area contributed by atoms with E-state index in [2.05, 4.69) is 13.8 Å². The molecule has 0 N–H and O–H groups in total. The molecule has 0 spiro atoms. The Labute approximate surface area is 90.6 Å².